The third kappa shape index (κ3) is 35.2. The van der Waals surface area contributed by atoms with Gasteiger partial charge in [-0.25, -0.2) is 19.2 Å². The Labute approximate surface area is 400 Å². The lowest BCUT2D eigenvalue weighted by atomic mass is 10.1. The minimum absolute atomic E-state index is 0.0196. The average molecular weight is 978 g/mol. The third-order valence-electron chi connectivity index (χ3n) is 8.58. The van der Waals surface area contributed by atoms with Gasteiger partial charge in [0.2, 0.25) is 17.7 Å². The normalized spacial score (nSPS) is 14.7. The second-order valence-corrected chi connectivity index (χ2v) is 23.3. The number of carbonyl (C=O) groups excluding carboxylic acids is 7. The zero-order valence-corrected chi connectivity index (χ0v) is 44.4. The first-order chi connectivity index (χ1) is 30.5. The predicted octanol–water partition coefficient (Wildman–Crippen LogP) is 6.76. The number of amides is 3. The van der Waals surface area contributed by atoms with Gasteiger partial charge in [-0.1, -0.05) is 12.8 Å². The molecule has 0 rings (SSSR count). The third-order valence-corrected chi connectivity index (χ3v) is 10.5. The summed E-state index contributed by atoms with van der Waals surface area (Å²) in [7, 11) is -4.34. The van der Waals surface area contributed by atoms with Crippen LogP contribution in [0, 0.1) is 0 Å². The van der Waals surface area contributed by atoms with Gasteiger partial charge in [0.1, 0.15) is 40.5 Å². The molecular formula is C47H88N5O14P. The first kappa shape index (κ1) is 63.4. The van der Waals surface area contributed by atoms with E-state index in [4.69, 9.17) is 33.7 Å². The van der Waals surface area contributed by atoms with Crippen molar-refractivity contribution >= 4 is 49.3 Å². The molecular weight excluding hydrogens is 890 g/mol. The molecule has 20 heteroatoms. The van der Waals surface area contributed by atoms with Gasteiger partial charge in [-0.3, -0.25) is 33.0 Å². The summed E-state index contributed by atoms with van der Waals surface area (Å²) in [5, 5.41) is 10.9. The Morgan fingerprint density at radius 2 is 0.910 bits per heavy atom. The molecule has 6 N–H and O–H groups in total. The Morgan fingerprint density at radius 3 is 1.39 bits per heavy atom. The largest absolute Gasteiger partial charge is 0.460 e. The molecule has 0 aliphatic heterocycles. The van der Waals surface area contributed by atoms with Crippen LogP contribution in [0.1, 0.15) is 194 Å². The summed E-state index contributed by atoms with van der Waals surface area (Å²) in [4.78, 5) is 91.0. The standard InChI is InChI=1S/C47H88N5O14P/c1-43(2,3)62-39(56)29-27-35(42(59)65-46(10,11)12)52-67(60,66-47(13,14)15)61-32-22-23-33(40(57)63-44(4,5)6)50-38(55)28-26-34(41(58)64-45(7,8)9)51-37(54)25-19-17-21-31-49-36(53)24-18-16-20-30-48/h33-35H,16-32,48H2,1-15H3,(H,49,53)(H,50,55)(H,51,54)(H,52,60)/t33-,34-,35-,67?/m0/s1. The molecule has 67 heavy (non-hydrogen) atoms. The highest BCUT2D eigenvalue weighted by molar-refractivity contribution is 7.51. The fourth-order valence-corrected chi connectivity index (χ4v) is 7.83. The van der Waals surface area contributed by atoms with Crippen LogP contribution in [0.4, 0.5) is 0 Å². The van der Waals surface area contributed by atoms with Crippen molar-refractivity contribution in [3.05, 3.63) is 0 Å². The SMILES string of the molecule is CC(C)(C)OC(=O)CC[C@H](NP(=O)(OCCC[C@H](NC(=O)CC[C@H](NC(=O)CCCCCNC(=O)CCCCCN)C(=O)OC(C)(C)C)C(=O)OC(C)(C)C)OC(C)(C)C)C(=O)OC(C)(C)C. The van der Waals surface area contributed by atoms with Crippen LogP contribution in [0.15, 0.2) is 0 Å². The minimum atomic E-state index is -4.34. The van der Waals surface area contributed by atoms with Crippen molar-refractivity contribution in [3.63, 3.8) is 0 Å². The van der Waals surface area contributed by atoms with Gasteiger partial charge in [0.25, 0.3) is 0 Å². The molecule has 0 radical (unpaired) electrons. The van der Waals surface area contributed by atoms with Gasteiger partial charge < -0.3 is 40.6 Å². The predicted molar refractivity (Wildman–Crippen MR) is 255 cm³/mol. The van der Waals surface area contributed by atoms with Crippen LogP contribution in [0.2, 0.25) is 0 Å². The molecule has 0 fully saturated rings. The maximum atomic E-state index is 14.3. The summed E-state index contributed by atoms with van der Waals surface area (Å²) in [6.45, 7) is 25.9. The molecule has 0 saturated carbocycles. The van der Waals surface area contributed by atoms with E-state index in [1.165, 1.54) is 0 Å². The van der Waals surface area contributed by atoms with Crippen molar-refractivity contribution in [1.29, 1.82) is 0 Å². The minimum Gasteiger partial charge on any atom is -0.460 e. The van der Waals surface area contributed by atoms with Gasteiger partial charge in [0, 0.05) is 32.2 Å². The molecule has 0 aromatic carbocycles. The summed E-state index contributed by atoms with van der Waals surface area (Å²) < 4.78 is 48.1. The monoisotopic (exact) mass is 978 g/mol. The average Bonchev–Trinajstić information content (AvgIpc) is 3.12. The van der Waals surface area contributed by atoms with Crippen LogP contribution in [0.25, 0.3) is 0 Å². The summed E-state index contributed by atoms with van der Waals surface area (Å²) >= 11 is 0. The van der Waals surface area contributed by atoms with Gasteiger partial charge in [0.05, 0.1) is 12.2 Å². The quantitative estimate of drug-likeness (QED) is 0.0215. The number of unbranched alkanes of at least 4 members (excludes halogenated alkanes) is 4. The molecule has 390 valence electrons. The molecule has 0 aliphatic carbocycles. The fraction of sp³-hybridized carbons (Fsp3) is 0.851. The number of ether oxygens (including phenoxy) is 4. The van der Waals surface area contributed by atoms with Crippen molar-refractivity contribution in [2.45, 2.75) is 240 Å². The highest BCUT2D eigenvalue weighted by Crippen LogP contribution is 2.48. The second-order valence-electron chi connectivity index (χ2n) is 21.6. The Morgan fingerprint density at radius 1 is 0.478 bits per heavy atom. The molecule has 0 aromatic rings. The smallest absolute Gasteiger partial charge is 0.406 e. The summed E-state index contributed by atoms with van der Waals surface area (Å²) in [5.74, 6) is -3.89. The van der Waals surface area contributed by atoms with Crippen molar-refractivity contribution < 1.29 is 66.1 Å². The first-order valence-electron chi connectivity index (χ1n) is 23.7. The van der Waals surface area contributed by atoms with E-state index in [-0.39, 0.29) is 57.5 Å². The van der Waals surface area contributed by atoms with Crippen molar-refractivity contribution in [2.24, 2.45) is 5.73 Å². The Hall–Kier alpha value is -3.64. The van der Waals surface area contributed by atoms with Gasteiger partial charge in [0.15, 0.2) is 0 Å². The van der Waals surface area contributed by atoms with Gasteiger partial charge >= 0.3 is 31.6 Å². The maximum Gasteiger partial charge on any atom is 0.406 e. The van der Waals surface area contributed by atoms with Crippen molar-refractivity contribution in [1.82, 2.24) is 21.0 Å². The summed E-state index contributed by atoms with van der Waals surface area (Å²) in [6.07, 6.45) is 4.17. The lowest BCUT2D eigenvalue weighted by Gasteiger charge is -2.31. The van der Waals surface area contributed by atoms with Crippen LogP contribution in [0.5, 0.6) is 0 Å². The van der Waals surface area contributed by atoms with E-state index in [0.717, 1.165) is 19.3 Å². The number of carbonyl (C=O) groups is 7. The van der Waals surface area contributed by atoms with Crippen LogP contribution < -0.4 is 26.8 Å². The Kier molecular flexibility index (Phi) is 27.8. The lowest BCUT2D eigenvalue weighted by Crippen LogP contribution is -2.46. The van der Waals surface area contributed by atoms with Crippen LogP contribution in [-0.4, -0.2) is 107 Å². The molecule has 3 amide bonds. The molecule has 0 spiro atoms. The molecule has 19 nitrogen and oxygen atoms in total. The first-order valence-corrected chi connectivity index (χ1v) is 25.3. The van der Waals surface area contributed by atoms with E-state index in [2.05, 4.69) is 21.0 Å². The number of nitrogens with two attached hydrogens (primary N) is 1. The Balaban J connectivity index is 5.90. The Bertz CT molecular complexity index is 1620. The van der Waals surface area contributed by atoms with E-state index in [1.54, 1.807) is 104 Å². The van der Waals surface area contributed by atoms with E-state index in [0.29, 0.717) is 38.8 Å². The van der Waals surface area contributed by atoms with E-state index >= 15 is 0 Å². The fourth-order valence-electron chi connectivity index (χ4n) is 5.94. The zero-order valence-electron chi connectivity index (χ0n) is 43.5. The summed E-state index contributed by atoms with van der Waals surface area (Å²) in [6, 6.07) is -3.68. The summed E-state index contributed by atoms with van der Waals surface area (Å²) in [5.41, 5.74) is 0.962. The molecule has 4 atom stereocenters. The van der Waals surface area contributed by atoms with Crippen molar-refractivity contribution in [2.75, 3.05) is 19.7 Å². The zero-order chi connectivity index (χ0) is 51.9. The molecule has 0 bridgehead atoms. The van der Waals surface area contributed by atoms with Gasteiger partial charge in [-0.15, -0.1) is 0 Å². The topological polar surface area (TPSA) is 266 Å². The molecule has 0 heterocycles. The van der Waals surface area contributed by atoms with Gasteiger partial charge in [-0.2, -0.15) is 0 Å². The number of esters is 4. The van der Waals surface area contributed by atoms with E-state index < -0.39 is 89.6 Å². The number of hydrogen-bond acceptors (Lipinski definition) is 15. The number of nitrogens with one attached hydrogen (secondary N) is 4. The molecule has 1 unspecified atom stereocenters. The van der Waals surface area contributed by atoms with E-state index in [1.807, 2.05) is 0 Å². The highest BCUT2D eigenvalue weighted by Gasteiger charge is 2.38. The molecule has 0 aliphatic rings. The van der Waals surface area contributed by atoms with Crippen LogP contribution in [-0.2, 0) is 66.1 Å². The number of hydrogen-bond donors (Lipinski definition) is 5. The number of rotatable bonds is 30. The molecule has 0 aromatic heterocycles. The lowest BCUT2D eigenvalue weighted by molar-refractivity contribution is -0.160. The second kappa shape index (κ2) is 29.4. The maximum absolute atomic E-state index is 14.3. The highest BCUT2D eigenvalue weighted by atomic mass is 31.2. The van der Waals surface area contributed by atoms with Crippen LogP contribution in [0.3, 0.4) is 0 Å². The molecule has 0 saturated heterocycles. The van der Waals surface area contributed by atoms with Crippen LogP contribution >= 0.6 is 7.75 Å². The van der Waals surface area contributed by atoms with Gasteiger partial charge in [-0.05, 0) is 162 Å². The van der Waals surface area contributed by atoms with Crippen molar-refractivity contribution in [3.8, 4) is 0 Å². The van der Waals surface area contributed by atoms with E-state index in [9.17, 15) is 38.1 Å².